The number of fused-ring (bicyclic) bond motifs is 1. The highest BCUT2D eigenvalue weighted by molar-refractivity contribution is 5.51. The fraction of sp³-hybridized carbons (Fsp3) is 0.333. The molecule has 0 aliphatic carbocycles. The van der Waals surface area contributed by atoms with E-state index in [2.05, 4.69) is 36.9 Å². The summed E-state index contributed by atoms with van der Waals surface area (Å²) in [6.07, 6.45) is 1.51. The van der Waals surface area contributed by atoms with Crippen molar-refractivity contribution >= 4 is 17.3 Å². The van der Waals surface area contributed by atoms with Crippen molar-refractivity contribution in [3.63, 3.8) is 0 Å². The molecule has 3 aromatic heterocycles. The maximum absolute atomic E-state index is 9.02. The average Bonchev–Trinajstić information content (AvgIpc) is 3.12. The van der Waals surface area contributed by atoms with Gasteiger partial charge in [0, 0.05) is 13.6 Å². The predicted molar refractivity (Wildman–Crippen MR) is 77.9 cm³/mol. The summed E-state index contributed by atoms with van der Waals surface area (Å²) in [5.74, 6) is 1.01. The number of hydrogen-bond donors (Lipinski definition) is 2. The molecule has 3 N–H and O–H groups in total. The summed E-state index contributed by atoms with van der Waals surface area (Å²) in [7, 11) is 1.94. The molecule has 0 spiro atoms. The molecule has 112 valence electrons. The number of aryl methyl sites for hydroxylation is 1. The molecule has 0 radical (unpaired) electrons. The number of H-pyrrole nitrogens is 1. The third-order valence-electron chi connectivity index (χ3n) is 3.35. The van der Waals surface area contributed by atoms with Gasteiger partial charge in [0.05, 0.1) is 5.69 Å². The summed E-state index contributed by atoms with van der Waals surface area (Å²) >= 11 is 0. The topological polar surface area (TPSA) is 138 Å². The highest BCUT2D eigenvalue weighted by Gasteiger charge is 2.11. The van der Waals surface area contributed by atoms with Crippen LogP contribution in [0.1, 0.15) is 17.7 Å². The van der Waals surface area contributed by atoms with Crippen molar-refractivity contribution < 1.29 is 0 Å². The Hall–Kier alpha value is -3.22. The first-order chi connectivity index (χ1) is 10.7. The Morgan fingerprint density at radius 1 is 1.45 bits per heavy atom. The summed E-state index contributed by atoms with van der Waals surface area (Å²) in [6, 6.07) is 5.73. The second kappa shape index (κ2) is 5.65. The van der Waals surface area contributed by atoms with Crippen LogP contribution in [0.4, 0.5) is 11.6 Å². The van der Waals surface area contributed by atoms with E-state index in [0.29, 0.717) is 17.6 Å². The minimum absolute atomic E-state index is 0.247. The van der Waals surface area contributed by atoms with Crippen LogP contribution in [0, 0.1) is 11.3 Å². The molecule has 3 aromatic rings. The lowest BCUT2D eigenvalue weighted by molar-refractivity contribution is 0.706. The lowest BCUT2D eigenvalue weighted by Crippen LogP contribution is -2.21. The third-order valence-corrected chi connectivity index (χ3v) is 3.35. The Kier molecular flexibility index (Phi) is 3.53. The van der Waals surface area contributed by atoms with Crippen LogP contribution in [-0.4, -0.2) is 49.0 Å². The number of hydrogen-bond acceptors (Lipinski definition) is 8. The molecular weight excluding hydrogens is 284 g/mol. The summed E-state index contributed by atoms with van der Waals surface area (Å²) in [6.45, 7) is 0.754. The van der Waals surface area contributed by atoms with Gasteiger partial charge in [0.1, 0.15) is 11.6 Å². The Morgan fingerprint density at radius 2 is 2.32 bits per heavy atom. The van der Waals surface area contributed by atoms with Crippen LogP contribution in [-0.2, 0) is 6.42 Å². The first-order valence-electron chi connectivity index (χ1n) is 6.68. The van der Waals surface area contributed by atoms with Gasteiger partial charge in [0.25, 0.3) is 0 Å². The second-order valence-corrected chi connectivity index (χ2v) is 4.82. The standard InChI is InChI=1S/C12H14N10/c1-21(11-5-4-10-16-19-20-22(10)18-11)6-2-3-9-8(7-13)12(14)17-15-9/h4-5H,2-3,6H2,1H3,(H3,14,15,17). The smallest absolute Gasteiger partial charge is 0.200 e. The van der Waals surface area contributed by atoms with Gasteiger partial charge in [0.2, 0.25) is 0 Å². The number of nitriles is 1. The van der Waals surface area contributed by atoms with Crippen LogP contribution in [0.2, 0.25) is 0 Å². The van der Waals surface area contributed by atoms with Crippen molar-refractivity contribution in [2.75, 3.05) is 24.2 Å². The zero-order valence-corrected chi connectivity index (χ0v) is 11.9. The van der Waals surface area contributed by atoms with Gasteiger partial charge in [-0.15, -0.1) is 14.8 Å². The molecule has 0 aliphatic rings. The largest absolute Gasteiger partial charge is 0.381 e. The van der Waals surface area contributed by atoms with Crippen LogP contribution < -0.4 is 10.6 Å². The molecule has 0 saturated carbocycles. The van der Waals surface area contributed by atoms with Gasteiger partial charge in [-0.3, -0.25) is 5.10 Å². The van der Waals surface area contributed by atoms with E-state index in [1.165, 1.54) is 4.63 Å². The van der Waals surface area contributed by atoms with Crippen LogP contribution in [0.15, 0.2) is 12.1 Å². The number of nitrogens with zero attached hydrogens (tertiary/aromatic N) is 8. The fourth-order valence-electron chi connectivity index (χ4n) is 2.15. The lowest BCUT2D eigenvalue weighted by atomic mass is 10.1. The Morgan fingerprint density at radius 3 is 3.14 bits per heavy atom. The van der Waals surface area contributed by atoms with Gasteiger partial charge in [-0.2, -0.15) is 10.4 Å². The van der Waals surface area contributed by atoms with Crippen molar-refractivity contribution in [3.05, 3.63) is 23.4 Å². The van der Waals surface area contributed by atoms with E-state index in [4.69, 9.17) is 11.0 Å². The maximum Gasteiger partial charge on any atom is 0.200 e. The first-order valence-corrected chi connectivity index (χ1v) is 6.68. The summed E-state index contributed by atoms with van der Waals surface area (Å²) in [5.41, 5.74) is 7.40. The van der Waals surface area contributed by atoms with Crippen molar-refractivity contribution in [2.24, 2.45) is 0 Å². The first kappa shape index (κ1) is 13.7. The number of nitrogens with two attached hydrogens (primary N) is 1. The van der Waals surface area contributed by atoms with E-state index in [1.807, 2.05) is 24.1 Å². The molecule has 0 fully saturated rings. The predicted octanol–water partition coefficient (Wildman–Crippen LogP) is -0.235. The number of anilines is 2. The third kappa shape index (κ3) is 2.51. The molecule has 22 heavy (non-hydrogen) atoms. The second-order valence-electron chi connectivity index (χ2n) is 4.82. The zero-order chi connectivity index (χ0) is 15.5. The fourth-order valence-corrected chi connectivity index (χ4v) is 2.15. The number of nitrogens with one attached hydrogen (secondary N) is 1. The van der Waals surface area contributed by atoms with Gasteiger partial charge in [-0.25, -0.2) is 0 Å². The Bertz CT molecular complexity index is 826. The summed E-state index contributed by atoms with van der Waals surface area (Å²) in [5, 5.41) is 31.1. The monoisotopic (exact) mass is 298 g/mol. The number of aromatic nitrogens is 7. The summed E-state index contributed by atoms with van der Waals surface area (Å²) in [4.78, 5) is 1.99. The van der Waals surface area contributed by atoms with Crippen molar-refractivity contribution in [2.45, 2.75) is 12.8 Å². The van der Waals surface area contributed by atoms with Gasteiger partial charge in [-0.05, 0) is 35.4 Å². The minimum atomic E-state index is 0.247. The number of aromatic amines is 1. The molecule has 3 heterocycles. The minimum Gasteiger partial charge on any atom is -0.381 e. The van der Waals surface area contributed by atoms with E-state index >= 15 is 0 Å². The number of tetrazole rings is 1. The van der Waals surface area contributed by atoms with Gasteiger partial charge in [0.15, 0.2) is 17.3 Å². The van der Waals surface area contributed by atoms with Crippen LogP contribution in [0.5, 0.6) is 0 Å². The van der Waals surface area contributed by atoms with Gasteiger partial charge in [-0.1, -0.05) is 0 Å². The van der Waals surface area contributed by atoms with Crippen LogP contribution >= 0.6 is 0 Å². The molecule has 3 rings (SSSR count). The molecule has 10 heteroatoms. The molecule has 0 unspecified atom stereocenters. The molecule has 0 bridgehead atoms. The molecule has 0 amide bonds. The molecular formula is C12H14N10. The van der Waals surface area contributed by atoms with E-state index in [-0.39, 0.29) is 5.82 Å². The summed E-state index contributed by atoms with van der Waals surface area (Å²) < 4.78 is 1.38. The molecule has 10 nitrogen and oxygen atoms in total. The maximum atomic E-state index is 9.02. The zero-order valence-electron chi connectivity index (χ0n) is 11.9. The Labute approximate surface area is 125 Å². The van der Waals surface area contributed by atoms with Crippen LogP contribution in [0.3, 0.4) is 0 Å². The van der Waals surface area contributed by atoms with E-state index in [1.54, 1.807) is 0 Å². The van der Waals surface area contributed by atoms with Crippen LogP contribution in [0.25, 0.3) is 5.65 Å². The molecule has 0 saturated heterocycles. The highest BCUT2D eigenvalue weighted by atomic mass is 15.6. The lowest BCUT2D eigenvalue weighted by Gasteiger charge is -2.17. The number of nitrogen functional groups attached to an aromatic ring is 1. The molecule has 0 atom stereocenters. The van der Waals surface area contributed by atoms with E-state index < -0.39 is 0 Å². The van der Waals surface area contributed by atoms with Gasteiger partial charge >= 0.3 is 0 Å². The Balaban J connectivity index is 1.62. The average molecular weight is 298 g/mol. The normalized spacial score (nSPS) is 10.7. The quantitative estimate of drug-likeness (QED) is 0.658. The molecule has 0 aromatic carbocycles. The van der Waals surface area contributed by atoms with E-state index in [0.717, 1.165) is 24.5 Å². The van der Waals surface area contributed by atoms with Crippen molar-refractivity contribution in [1.29, 1.82) is 5.26 Å². The van der Waals surface area contributed by atoms with Crippen molar-refractivity contribution in [3.8, 4) is 6.07 Å². The highest BCUT2D eigenvalue weighted by Crippen LogP contribution is 2.14. The SMILES string of the molecule is CN(CCCc1[nH]nc(N)c1C#N)c1ccc2nnnn2n1. The van der Waals surface area contributed by atoms with Gasteiger partial charge < -0.3 is 10.6 Å². The molecule has 0 aliphatic heterocycles. The van der Waals surface area contributed by atoms with E-state index in [9.17, 15) is 0 Å². The van der Waals surface area contributed by atoms with Crippen molar-refractivity contribution in [1.82, 2.24) is 35.5 Å². The number of rotatable bonds is 5.